The summed E-state index contributed by atoms with van der Waals surface area (Å²) in [4.78, 5) is 14.6. The minimum absolute atomic E-state index is 0.0755. The van der Waals surface area contributed by atoms with Gasteiger partial charge in [-0.25, -0.2) is 0 Å². The Morgan fingerprint density at radius 2 is 1.82 bits per heavy atom. The van der Waals surface area contributed by atoms with E-state index in [0.717, 1.165) is 37.9 Å². The highest BCUT2D eigenvalue weighted by Crippen LogP contribution is 2.18. The molecule has 0 spiro atoms. The summed E-state index contributed by atoms with van der Waals surface area (Å²) in [6.45, 7) is 7.23. The lowest BCUT2D eigenvalue weighted by atomic mass is 9.95. The van der Waals surface area contributed by atoms with Crippen molar-refractivity contribution in [3.8, 4) is 0 Å². The Kier molecular flexibility index (Phi) is 6.40. The molecule has 1 saturated heterocycles. The third-order valence-electron chi connectivity index (χ3n) is 4.55. The molecule has 1 amide bonds. The number of hydrogen-bond donors (Lipinski definition) is 2. The number of carbonyl (C=O) groups excluding carboxylic acids is 1. The molecule has 1 fully saturated rings. The number of nitrogens with one attached hydrogen (secondary N) is 1. The van der Waals surface area contributed by atoms with Gasteiger partial charge in [0.05, 0.1) is 6.61 Å². The summed E-state index contributed by atoms with van der Waals surface area (Å²) in [5, 5.41) is 12.1. The van der Waals surface area contributed by atoms with Gasteiger partial charge in [0.25, 0.3) is 0 Å². The van der Waals surface area contributed by atoms with Gasteiger partial charge in [0, 0.05) is 18.5 Å². The lowest BCUT2D eigenvalue weighted by Crippen LogP contribution is -2.43. The number of amides is 1. The molecule has 0 atom stereocenters. The molecule has 0 aromatic heterocycles. The predicted octanol–water partition coefficient (Wildman–Crippen LogP) is 1.96. The van der Waals surface area contributed by atoms with Crippen molar-refractivity contribution < 1.29 is 9.90 Å². The molecule has 0 bridgehead atoms. The second-order valence-electron chi connectivity index (χ2n) is 6.42. The summed E-state index contributed by atoms with van der Waals surface area (Å²) in [5.74, 6) is 0.377. The van der Waals surface area contributed by atoms with Crippen LogP contribution in [0.5, 0.6) is 0 Å². The Morgan fingerprint density at radius 3 is 2.36 bits per heavy atom. The molecule has 1 aromatic rings. The van der Waals surface area contributed by atoms with E-state index >= 15 is 0 Å². The molecule has 1 aliphatic heterocycles. The number of nitrogens with zero attached hydrogens (tertiary/aromatic N) is 1. The highest BCUT2D eigenvalue weighted by Gasteiger charge is 2.25. The minimum Gasteiger partial charge on any atom is -0.392 e. The number of carbonyl (C=O) groups is 1. The first-order valence-corrected chi connectivity index (χ1v) is 8.30. The van der Waals surface area contributed by atoms with Crippen LogP contribution in [0.25, 0.3) is 0 Å². The van der Waals surface area contributed by atoms with Gasteiger partial charge in [-0.3, -0.25) is 4.79 Å². The van der Waals surface area contributed by atoms with E-state index in [4.69, 9.17) is 5.11 Å². The van der Waals surface area contributed by atoms with Crippen LogP contribution >= 0.6 is 0 Å². The first kappa shape index (κ1) is 17.0. The molecule has 0 aliphatic carbocycles. The van der Waals surface area contributed by atoms with Crippen LogP contribution in [-0.2, 0) is 17.8 Å². The SMILES string of the molecule is CC(C)N1CCC(C(=O)NCCc2ccc(CO)cc2)CC1. The molecule has 0 unspecified atom stereocenters. The average molecular weight is 304 g/mol. The molecule has 122 valence electrons. The number of aliphatic hydroxyl groups is 1. The summed E-state index contributed by atoms with van der Waals surface area (Å²) in [7, 11) is 0. The van der Waals surface area contributed by atoms with E-state index in [1.807, 2.05) is 24.3 Å². The molecule has 1 heterocycles. The van der Waals surface area contributed by atoms with Crippen LogP contribution in [0.3, 0.4) is 0 Å². The van der Waals surface area contributed by atoms with E-state index in [0.29, 0.717) is 12.6 Å². The molecule has 0 radical (unpaired) electrons. The van der Waals surface area contributed by atoms with Crippen molar-refractivity contribution in [2.75, 3.05) is 19.6 Å². The molecule has 2 N–H and O–H groups in total. The van der Waals surface area contributed by atoms with Gasteiger partial charge in [0.15, 0.2) is 0 Å². The maximum Gasteiger partial charge on any atom is 0.223 e. The van der Waals surface area contributed by atoms with Gasteiger partial charge in [-0.1, -0.05) is 24.3 Å². The van der Waals surface area contributed by atoms with Crippen molar-refractivity contribution in [1.29, 1.82) is 0 Å². The van der Waals surface area contributed by atoms with Crippen LogP contribution < -0.4 is 5.32 Å². The van der Waals surface area contributed by atoms with Crippen molar-refractivity contribution >= 4 is 5.91 Å². The van der Waals surface area contributed by atoms with Crippen LogP contribution in [0.15, 0.2) is 24.3 Å². The maximum atomic E-state index is 12.2. The summed E-state index contributed by atoms with van der Waals surface area (Å²) >= 11 is 0. The molecule has 0 saturated carbocycles. The zero-order chi connectivity index (χ0) is 15.9. The average Bonchev–Trinajstić information content (AvgIpc) is 2.55. The Balaban J connectivity index is 1.69. The van der Waals surface area contributed by atoms with Crippen molar-refractivity contribution in [2.45, 2.75) is 45.8 Å². The van der Waals surface area contributed by atoms with E-state index in [1.54, 1.807) is 0 Å². The standard InChI is InChI=1S/C18H28N2O2/c1-14(2)20-11-8-17(9-12-20)18(22)19-10-7-15-3-5-16(13-21)6-4-15/h3-6,14,17,21H,7-13H2,1-2H3,(H,19,22). The van der Waals surface area contributed by atoms with Crippen LogP contribution in [0.4, 0.5) is 0 Å². The topological polar surface area (TPSA) is 52.6 Å². The minimum atomic E-state index is 0.0755. The van der Waals surface area contributed by atoms with Gasteiger partial charge < -0.3 is 15.3 Å². The van der Waals surface area contributed by atoms with Crippen molar-refractivity contribution in [2.24, 2.45) is 5.92 Å². The van der Waals surface area contributed by atoms with Crippen molar-refractivity contribution in [1.82, 2.24) is 10.2 Å². The smallest absolute Gasteiger partial charge is 0.223 e. The molecule has 4 nitrogen and oxygen atoms in total. The quantitative estimate of drug-likeness (QED) is 0.845. The van der Waals surface area contributed by atoms with E-state index in [2.05, 4.69) is 24.1 Å². The fraction of sp³-hybridized carbons (Fsp3) is 0.611. The van der Waals surface area contributed by atoms with Gasteiger partial charge in [-0.05, 0) is 57.3 Å². The third-order valence-corrected chi connectivity index (χ3v) is 4.55. The lowest BCUT2D eigenvalue weighted by Gasteiger charge is -2.33. The molecule has 22 heavy (non-hydrogen) atoms. The Morgan fingerprint density at radius 1 is 1.23 bits per heavy atom. The number of rotatable bonds is 6. The predicted molar refractivity (Wildman–Crippen MR) is 88.5 cm³/mol. The molecule has 2 rings (SSSR count). The van der Waals surface area contributed by atoms with Gasteiger partial charge in [0.2, 0.25) is 5.91 Å². The summed E-state index contributed by atoms with van der Waals surface area (Å²) in [6, 6.07) is 8.46. The monoisotopic (exact) mass is 304 g/mol. The summed E-state index contributed by atoms with van der Waals surface area (Å²) in [6.07, 6.45) is 2.77. The van der Waals surface area contributed by atoms with Crippen LogP contribution in [0, 0.1) is 5.92 Å². The third kappa shape index (κ3) is 4.82. The zero-order valence-electron chi connectivity index (χ0n) is 13.7. The first-order valence-electron chi connectivity index (χ1n) is 8.30. The van der Waals surface area contributed by atoms with Crippen LogP contribution in [0.2, 0.25) is 0 Å². The zero-order valence-corrected chi connectivity index (χ0v) is 13.7. The van der Waals surface area contributed by atoms with Gasteiger partial charge in [-0.2, -0.15) is 0 Å². The number of likely N-dealkylation sites (tertiary alicyclic amines) is 1. The second-order valence-corrected chi connectivity index (χ2v) is 6.42. The first-order chi connectivity index (χ1) is 10.6. The van der Waals surface area contributed by atoms with E-state index < -0.39 is 0 Å². The highest BCUT2D eigenvalue weighted by atomic mass is 16.3. The number of aliphatic hydroxyl groups excluding tert-OH is 1. The molecule has 4 heteroatoms. The van der Waals surface area contributed by atoms with E-state index in [1.165, 1.54) is 5.56 Å². The Hall–Kier alpha value is -1.39. The van der Waals surface area contributed by atoms with Gasteiger partial charge in [-0.15, -0.1) is 0 Å². The highest BCUT2D eigenvalue weighted by molar-refractivity contribution is 5.78. The number of benzene rings is 1. The van der Waals surface area contributed by atoms with E-state index in [9.17, 15) is 4.79 Å². The normalized spacial score (nSPS) is 16.9. The number of hydrogen-bond acceptors (Lipinski definition) is 3. The summed E-state index contributed by atoms with van der Waals surface area (Å²) in [5.41, 5.74) is 2.11. The molecule has 1 aromatic carbocycles. The van der Waals surface area contributed by atoms with Crippen LogP contribution in [0.1, 0.15) is 37.8 Å². The van der Waals surface area contributed by atoms with Gasteiger partial charge in [0.1, 0.15) is 0 Å². The number of piperidine rings is 1. The molecular weight excluding hydrogens is 276 g/mol. The lowest BCUT2D eigenvalue weighted by molar-refractivity contribution is -0.126. The van der Waals surface area contributed by atoms with Crippen LogP contribution in [-0.4, -0.2) is 41.6 Å². The Labute approximate surface area is 133 Å². The largest absolute Gasteiger partial charge is 0.392 e. The molecule has 1 aliphatic rings. The van der Waals surface area contributed by atoms with E-state index in [-0.39, 0.29) is 18.4 Å². The maximum absolute atomic E-state index is 12.2. The fourth-order valence-electron chi connectivity index (χ4n) is 2.96. The fourth-order valence-corrected chi connectivity index (χ4v) is 2.96. The second kappa shape index (κ2) is 8.30. The Bertz CT molecular complexity index is 462. The van der Waals surface area contributed by atoms with Gasteiger partial charge >= 0.3 is 0 Å². The van der Waals surface area contributed by atoms with Crippen molar-refractivity contribution in [3.63, 3.8) is 0 Å². The van der Waals surface area contributed by atoms with Crippen molar-refractivity contribution in [3.05, 3.63) is 35.4 Å². The summed E-state index contributed by atoms with van der Waals surface area (Å²) < 4.78 is 0. The molecular formula is C18H28N2O2.